The quantitative estimate of drug-likeness (QED) is 0.861. The maximum absolute atomic E-state index is 12.3. The number of hydrogen-bond donors (Lipinski definition) is 2. The highest BCUT2D eigenvalue weighted by Gasteiger charge is 2.23. The number of anilines is 2. The van der Waals surface area contributed by atoms with Crippen molar-refractivity contribution >= 4 is 46.4 Å². The van der Waals surface area contributed by atoms with Crippen LogP contribution in [0.15, 0.2) is 36.4 Å². The van der Waals surface area contributed by atoms with Gasteiger partial charge < -0.3 is 15.4 Å². The van der Waals surface area contributed by atoms with Gasteiger partial charge in [0.2, 0.25) is 0 Å². The summed E-state index contributed by atoms with van der Waals surface area (Å²) in [7, 11) is 0. The second kappa shape index (κ2) is 6.10. The molecule has 2 aromatic carbocycles. The third-order valence-corrected chi connectivity index (χ3v) is 4.18. The van der Waals surface area contributed by atoms with Gasteiger partial charge in [0.25, 0.3) is 11.8 Å². The number of carbonyl (C=O) groups is 2. The predicted molar refractivity (Wildman–Crippen MR) is 89.6 cm³/mol. The van der Waals surface area contributed by atoms with Gasteiger partial charge in [0.05, 0.1) is 21.3 Å². The Hall–Kier alpha value is -2.24. The summed E-state index contributed by atoms with van der Waals surface area (Å²) in [5.74, 6) is -0.0800. The smallest absolute Gasteiger partial charge is 0.265 e. The molecule has 3 rings (SSSR count). The lowest BCUT2D eigenvalue weighted by Crippen LogP contribution is -2.34. The zero-order chi connectivity index (χ0) is 16.6. The van der Waals surface area contributed by atoms with Crippen LogP contribution in [0.5, 0.6) is 5.75 Å². The second-order valence-corrected chi connectivity index (χ2v) is 5.80. The molecule has 2 aromatic rings. The van der Waals surface area contributed by atoms with Crippen molar-refractivity contribution in [2.75, 3.05) is 10.6 Å². The fourth-order valence-electron chi connectivity index (χ4n) is 2.16. The van der Waals surface area contributed by atoms with Crippen LogP contribution in [0.4, 0.5) is 11.4 Å². The molecule has 0 fully saturated rings. The zero-order valence-electron chi connectivity index (χ0n) is 12.0. The molecule has 118 valence electrons. The van der Waals surface area contributed by atoms with Crippen LogP contribution in [0, 0.1) is 0 Å². The molecular weight excluding hydrogens is 339 g/mol. The third-order valence-electron chi connectivity index (χ3n) is 3.36. The summed E-state index contributed by atoms with van der Waals surface area (Å²) < 4.78 is 5.46. The molecule has 0 aliphatic carbocycles. The first-order chi connectivity index (χ1) is 11.0. The van der Waals surface area contributed by atoms with Gasteiger partial charge >= 0.3 is 0 Å². The van der Waals surface area contributed by atoms with E-state index in [1.54, 1.807) is 43.3 Å². The average Bonchev–Trinajstić information content (AvgIpc) is 2.51. The van der Waals surface area contributed by atoms with Crippen LogP contribution in [0.3, 0.4) is 0 Å². The molecule has 5 nitrogen and oxygen atoms in total. The van der Waals surface area contributed by atoms with Crippen molar-refractivity contribution in [1.82, 2.24) is 0 Å². The standard InChI is InChI=1S/C16H12Cl2N2O3/c1-8-15(21)20-12-7-9(5-6-13(12)23-8)19-16(22)10-3-2-4-11(17)14(10)18/h2-8H,1H3,(H,19,22)(H,20,21). The fraction of sp³-hybridized carbons (Fsp3) is 0.125. The maximum Gasteiger partial charge on any atom is 0.265 e. The third kappa shape index (κ3) is 3.11. The van der Waals surface area contributed by atoms with Crippen molar-refractivity contribution in [2.24, 2.45) is 0 Å². The molecule has 0 spiro atoms. The number of ether oxygens (including phenoxy) is 1. The lowest BCUT2D eigenvalue weighted by molar-refractivity contribution is -0.122. The number of nitrogens with one attached hydrogen (secondary N) is 2. The van der Waals surface area contributed by atoms with Crippen LogP contribution in [0.2, 0.25) is 10.0 Å². The number of benzene rings is 2. The van der Waals surface area contributed by atoms with E-state index in [-0.39, 0.29) is 16.5 Å². The van der Waals surface area contributed by atoms with Crippen molar-refractivity contribution in [3.63, 3.8) is 0 Å². The minimum Gasteiger partial charge on any atom is -0.479 e. The molecule has 1 unspecified atom stereocenters. The number of halogens is 2. The van der Waals surface area contributed by atoms with Crippen LogP contribution in [0.25, 0.3) is 0 Å². The summed E-state index contributed by atoms with van der Waals surface area (Å²) in [5.41, 5.74) is 1.28. The van der Waals surface area contributed by atoms with Gasteiger partial charge in [-0.2, -0.15) is 0 Å². The van der Waals surface area contributed by atoms with E-state index in [4.69, 9.17) is 27.9 Å². The van der Waals surface area contributed by atoms with Gasteiger partial charge in [-0.1, -0.05) is 29.3 Å². The summed E-state index contributed by atoms with van der Waals surface area (Å²) in [4.78, 5) is 23.9. The first kappa shape index (κ1) is 15.6. The van der Waals surface area contributed by atoms with Gasteiger partial charge in [0.1, 0.15) is 5.75 Å². The van der Waals surface area contributed by atoms with Gasteiger partial charge in [-0.25, -0.2) is 0 Å². The number of fused-ring (bicyclic) bond motifs is 1. The monoisotopic (exact) mass is 350 g/mol. The van der Waals surface area contributed by atoms with Crippen LogP contribution >= 0.6 is 23.2 Å². The molecule has 1 aliphatic heterocycles. The molecule has 0 aromatic heterocycles. The Balaban J connectivity index is 1.84. The molecule has 23 heavy (non-hydrogen) atoms. The predicted octanol–water partition coefficient (Wildman–Crippen LogP) is 3.97. The van der Waals surface area contributed by atoms with Gasteiger partial charge in [-0.15, -0.1) is 0 Å². The Morgan fingerprint density at radius 1 is 1.26 bits per heavy atom. The number of rotatable bonds is 2. The van der Waals surface area contributed by atoms with Crippen molar-refractivity contribution in [3.05, 3.63) is 52.0 Å². The maximum atomic E-state index is 12.3. The van der Waals surface area contributed by atoms with E-state index in [0.29, 0.717) is 22.1 Å². The molecule has 2 amide bonds. The van der Waals surface area contributed by atoms with Crippen molar-refractivity contribution in [3.8, 4) is 5.75 Å². The Morgan fingerprint density at radius 3 is 2.83 bits per heavy atom. The molecule has 0 saturated heterocycles. The number of hydrogen-bond acceptors (Lipinski definition) is 3. The zero-order valence-corrected chi connectivity index (χ0v) is 13.5. The Morgan fingerprint density at radius 2 is 2.04 bits per heavy atom. The fourth-order valence-corrected chi connectivity index (χ4v) is 2.55. The first-order valence-electron chi connectivity index (χ1n) is 6.82. The molecule has 0 bridgehead atoms. The largest absolute Gasteiger partial charge is 0.479 e. The SMILES string of the molecule is CC1Oc2ccc(NC(=O)c3cccc(Cl)c3Cl)cc2NC1=O. The minimum atomic E-state index is -0.548. The number of carbonyl (C=O) groups excluding carboxylic acids is 2. The summed E-state index contributed by atoms with van der Waals surface area (Å²) in [6.07, 6.45) is -0.548. The van der Waals surface area contributed by atoms with Crippen LogP contribution in [-0.4, -0.2) is 17.9 Å². The molecule has 1 aliphatic rings. The normalized spacial score (nSPS) is 16.1. The van der Waals surface area contributed by atoms with Gasteiger partial charge in [-0.05, 0) is 37.3 Å². The van der Waals surface area contributed by atoms with Gasteiger partial charge in [0, 0.05) is 5.69 Å². The van der Waals surface area contributed by atoms with Crippen LogP contribution in [-0.2, 0) is 4.79 Å². The Labute approximate surface area is 142 Å². The van der Waals surface area contributed by atoms with E-state index in [0.717, 1.165) is 0 Å². The van der Waals surface area contributed by atoms with E-state index in [9.17, 15) is 9.59 Å². The molecule has 7 heteroatoms. The van der Waals surface area contributed by atoms with E-state index < -0.39 is 12.0 Å². The molecular formula is C16H12Cl2N2O3. The topological polar surface area (TPSA) is 67.4 Å². The highest BCUT2D eigenvalue weighted by Crippen LogP contribution is 2.33. The van der Waals surface area contributed by atoms with E-state index in [2.05, 4.69) is 10.6 Å². The Kier molecular flexibility index (Phi) is 4.15. The molecule has 1 atom stereocenters. The van der Waals surface area contributed by atoms with Gasteiger partial charge in [-0.3, -0.25) is 9.59 Å². The van der Waals surface area contributed by atoms with E-state index >= 15 is 0 Å². The average molecular weight is 351 g/mol. The van der Waals surface area contributed by atoms with E-state index in [1.807, 2.05) is 0 Å². The molecule has 0 radical (unpaired) electrons. The van der Waals surface area contributed by atoms with Crippen molar-refractivity contribution in [1.29, 1.82) is 0 Å². The highest BCUT2D eigenvalue weighted by molar-refractivity contribution is 6.44. The lowest BCUT2D eigenvalue weighted by atomic mass is 10.2. The van der Waals surface area contributed by atoms with Crippen molar-refractivity contribution < 1.29 is 14.3 Å². The number of amides is 2. The summed E-state index contributed by atoms with van der Waals surface area (Å²) in [6.45, 7) is 1.66. The van der Waals surface area contributed by atoms with Gasteiger partial charge in [0.15, 0.2) is 6.10 Å². The lowest BCUT2D eigenvalue weighted by Gasteiger charge is -2.23. The molecule has 0 saturated carbocycles. The Bertz CT molecular complexity index is 808. The second-order valence-electron chi connectivity index (χ2n) is 5.02. The minimum absolute atomic E-state index is 0.190. The van der Waals surface area contributed by atoms with Crippen LogP contribution < -0.4 is 15.4 Å². The molecule has 1 heterocycles. The summed E-state index contributed by atoms with van der Waals surface area (Å²) >= 11 is 11.9. The summed E-state index contributed by atoms with van der Waals surface area (Å²) in [6, 6.07) is 9.81. The first-order valence-corrected chi connectivity index (χ1v) is 7.58. The van der Waals surface area contributed by atoms with Crippen molar-refractivity contribution in [2.45, 2.75) is 13.0 Å². The molecule has 2 N–H and O–H groups in total. The van der Waals surface area contributed by atoms with E-state index in [1.165, 1.54) is 0 Å². The van der Waals surface area contributed by atoms with Crippen LogP contribution in [0.1, 0.15) is 17.3 Å². The highest BCUT2D eigenvalue weighted by atomic mass is 35.5. The summed E-state index contributed by atoms with van der Waals surface area (Å²) in [5, 5.41) is 5.93.